The van der Waals surface area contributed by atoms with Gasteiger partial charge in [-0.3, -0.25) is 0 Å². The zero-order valence-electron chi connectivity index (χ0n) is 19.1. The lowest BCUT2D eigenvalue weighted by Gasteiger charge is -2.46. The first kappa shape index (κ1) is 21.9. The molecule has 0 saturated heterocycles. The molecule has 0 aliphatic heterocycles. The number of aromatic hydroxyl groups is 1. The first-order valence-electron chi connectivity index (χ1n) is 11.0. The number of ether oxygens (including phenoxy) is 1. The third-order valence-corrected chi connectivity index (χ3v) is 8.32. The summed E-state index contributed by atoms with van der Waals surface area (Å²) in [6.07, 6.45) is 4.21. The summed E-state index contributed by atoms with van der Waals surface area (Å²) in [6, 6.07) is 5.10. The number of hydrogen-bond acceptors (Lipinski definition) is 9. The fourth-order valence-corrected chi connectivity index (χ4v) is 6.43. The minimum atomic E-state index is -0.907. The third-order valence-electron chi connectivity index (χ3n) is 7.27. The Kier molecular flexibility index (Phi) is 5.23. The van der Waals surface area contributed by atoms with Crippen molar-refractivity contribution in [1.82, 2.24) is 25.1 Å². The smallest absolute Gasteiger partial charge is 0.319 e. The number of benzene rings is 1. The Bertz CT molecular complexity index is 1190. The summed E-state index contributed by atoms with van der Waals surface area (Å²) in [7, 11) is 3.38. The summed E-state index contributed by atoms with van der Waals surface area (Å²) >= 11 is 1.35. The normalized spacial score (nSPS) is 28.6. The molecule has 0 radical (unpaired) electrons. The van der Waals surface area contributed by atoms with E-state index in [2.05, 4.69) is 39.0 Å². The van der Waals surface area contributed by atoms with Crippen molar-refractivity contribution >= 4 is 16.5 Å². The van der Waals surface area contributed by atoms with E-state index in [-0.39, 0.29) is 28.6 Å². The van der Waals surface area contributed by atoms with Crippen molar-refractivity contribution < 1.29 is 14.2 Å². The Morgan fingerprint density at radius 1 is 1.21 bits per heavy atom. The molecule has 33 heavy (non-hydrogen) atoms. The predicted molar refractivity (Wildman–Crippen MR) is 124 cm³/mol. The maximum atomic E-state index is 15.5. The van der Waals surface area contributed by atoms with Crippen LogP contribution in [0, 0.1) is 10.8 Å². The summed E-state index contributed by atoms with van der Waals surface area (Å²) in [4.78, 5) is 14.2. The Hall–Kier alpha value is -2.88. The van der Waals surface area contributed by atoms with E-state index < -0.39 is 6.17 Å². The molecule has 8 nitrogen and oxygen atoms in total. The number of rotatable bonds is 5. The van der Waals surface area contributed by atoms with Gasteiger partial charge < -0.3 is 14.7 Å². The standard InChI is InChI=1S/C23H27FN6O2S/c1-22-7-8-23(2,11-22)17(24)15(10-22)30(3)21-29-28-19(33-21)14-6-5-13(9-16(14)31)18-25-12-26-20(27-18)32-4/h5-6,9,12,15,17,31H,7-8,10-11H2,1-4H3/t15-,17-,22-,23-/m0/s1. The minimum Gasteiger partial charge on any atom is -0.507 e. The van der Waals surface area contributed by atoms with Crippen LogP contribution >= 0.6 is 11.3 Å². The van der Waals surface area contributed by atoms with Crippen LogP contribution in [-0.4, -0.2) is 56.6 Å². The molecule has 2 aromatic heterocycles. The molecule has 2 fully saturated rings. The highest BCUT2D eigenvalue weighted by Gasteiger charge is 2.56. The van der Waals surface area contributed by atoms with E-state index in [4.69, 9.17) is 4.74 Å². The van der Waals surface area contributed by atoms with Crippen molar-refractivity contribution in [3.8, 4) is 33.7 Å². The molecule has 174 valence electrons. The number of anilines is 1. The van der Waals surface area contributed by atoms with E-state index in [0.29, 0.717) is 27.1 Å². The maximum absolute atomic E-state index is 15.5. The molecule has 2 aliphatic carbocycles. The lowest BCUT2D eigenvalue weighted by atomic mass is 9.67. The molecular formula is C23H27FN6O2S. The zero-order valence-corrected chi connectivity index (χ0v) is 19.9. The molecule has 1 aromatic carbocycles. The minimum absolute atomic E-state index is 0.0383. The molecule has 3 aromatic rings. The van der Waals surface area contributed by atoms with Gasteiger partial charge in [-0.2, -0.15) is 9.97 Å². The van der Waals surface area contributed by atoms with Crippen molar-refractivity contribution in [3.05, 3.63) is 24.5 Å². The highest BCUT2D eigenvalue weighted by molar-refractivity contribution is 7.18. The van der Waals surface area contributed by atoms with Gasteiger partial charge in [-0.1, -0.05) is 31.3 Å². The van der Waals surface area contributed by atoms with Gasteiger partial charge in [0, 0.05) is 18.0 Å². The molecule has 2 bridgehead atoms. The lowest BCUT2D eigenvalue weighted by molar-refractivity contribution is 0.0382. The molecule has 0 amide bonds. The second-order valence-corrected chi connectivity index (χ2v) is 10.8. The summed E-state index contributed by atoms with van der Waals surface area (Å²) in [5, 5.41) is 20.5. The first-order valence-corrected chi connectivity index (χ1v) is 11.8. The van der Waals surface area contributed by atoms with Gasteiger partial charge in [0.15, 0.2) is 10.8 Å². The third kappa shape index (κ3) is 3.80. The number of alkyl halides is 1. The van der Waals surface area contributed by atoms with Gasteiger partial charge in [0.2, 0.25) is 5.13 Å². The number of nitrogens with zero attached hydrogens (tertiary/aromatic N) is 6. The van der Waals surface area contributed by atoms with Crippen LogP contribution in [0.15, 0.2) is 24.5 Å². The lowest BCUT2D eigenvalue weighted by Crippen LogP contribution is -2.51. The van der Waals surface area contributed by atoms with Gasteiger partial charge in [0.05, 0.1) is 18.7 Å². The molecule has 4 atom stereocenters. The number of aromatic nitrogens is 5. The van der Waals surface area contributed by atoms with Crippen LogP contribution in [0.25, 0.3) is 22.0 Å². The van der Waals surface area contributed by atoms with Crippen LogP contribution in [0.4, 0.5) is 9.52 Å². The molecule has 1 N–H and O–H groups in total. The van der Waals surface area contributed by atoms with Crippen molar-refractivity contribution in [1.29, 1.82) is 0 Å². The summed E-state index contributed by atoms with van der Waals surface area (Å²) in [5.41, 5.74) is 1.08. The molecule has 2 aliphatic rings. The van der Waals surface area contributed by atoms with E-state index in [0.717, 1.165) is 25.7 Å². The molecule has 2 saturated carbocycles. The number of hydrogen-bond donors (Lipinski definition) is 1. The van der Waals surface area contributed by atoms with E-state index in [1.54, 1.807) is 18.2 Å². The van der Waals surface area contributed by atoms with Crippen molar-refractivity contribution in [2.75, 3.05) is 19.1 Å². The van der Waals surface area contributed by atoms with Crippen LogP contribution in [-0.2, 0) is 0 Å². The zero-order chi connectivity index (χ0) is 23.4. The Morgan fingerprint density at radius 2 is 2.03 bits per heavy atom. The fraction of sp³-hybridized carbons (Fsp3) is 0.522. The number of halogens is 1. The Balaban J connectivity index is 1.39. The highest BCUT2D eigenvalue weighted by atomic mass is 32.1. The highest BCUT2D eigenvalue weighted by Crippen LogP contribution is 2.60. The van der Waals surface area contributed by atoms with E-state index in [1.807, 2.05) is 11.9 Å². The number of phenolic OH excluding ortho intramolecular Hbond substituents is 1. The van der Waals surface area contributed by atoms with Gasteiger partial charge in [-0.05, 0) is 43.2 Å². The van der Waals surface area contributed by atoms with E-state index in [9.17, 15) is 5.11 Å². The Morgan fingerprint density at radius 3 is 2.79 bits per heavy atom. The summed E-state index contributed by atoms with van der Waals surface area (Å²) < 4.78 is 20.6. The second kappa shape index (κ2) is 7.86. The van der Waals surface area contributed by atoms with Crippen LogP contribution < -0.4 is 9.64 Å². The van der Waals surface area contributed by atoms with Crippen LogP contribution in [0.3, 0.4) is 0 Å². The van der Waals surface area contributed by atoms with Gasteiger partial charge in [-0.25, -0.2) is 9.37 Å². The number of phenols is 1. The fourth-order valence-electron chi connectivity index (χ4n) is 5.53. The summed E-state index contributed by atoms with van der Waals surface area (Å²) in [6.45, 7) is 4.36. The van der Waals surface area contributed by atoms with Crippen molar-refractivity contribution in [2.45, 2.75) is 51.7 Å². The predicted octanol–water partition coefficient (Wildman–Crippen LogP) is 4.51. The monoisotopic (exact) mass is 470 g/mol. The summed E-state index contributed by atoms with van der Waals surface area (Å²) in [5.74, 6) is 0.431. The topological polar surface area (TPSA) is 97.2 Å². The molecule has 10 heteroatoms. The molecule has 2 heterocycles. The van der Waals surface area contributed by atoms with Crippen LogP contribution in [0.1, 0.15) is 39.5 Å². The molecule has 5 rings (SSSR count). The Labute approximate surface area is 195 Å². The molecule has 0 spiro atoms. The SMILES string of the molecule is COc1ncnc(-c2ccc(-c3nnc(N(C)[C@H]4C[C@]5(C)CC[C@@](C)(C5)[C@H]4F)s3)c(O)c2)n1. The van der Waals surface area contributed by atoms with Gasteiger partial charge >= 0.3 is 6.01 Å². The first-order chi connectivity index (χ1) is 15.7. The van der Waals surface area contributed by atoms with E-state index in [1.165, 1.54) is 24.8 Å². The average molecular weight is 471 g/mol. The van der Waals surface area contributed by atoms with Gasteiger partial charge in [0.25, 0.3) is 0 Å². The number of fused-ring (bicyclic) bond motifs is 2. The quantitative estimate of drug-likeness (QED) is 0.582. The van der Waals surface area contributed by atoms with Gasteiger partial charge in [-0.15, -0.1) is 10.2 Å². The largest absolute Gasteiger partial charge is 0.507 e. The molecular weight excluding hydrogens is 443 g/mol. The molecule has 0 unspecified atom stereocenters. The van der Waals surface area contributed by atoms with Crippen LogP contribution in [0.2, 0.25) is 0 Å². The maximum Gasteiger partial charge on any atom is 0.319 e. The van der Waals surface area contributed by atoms with E-state index >= 15 is 4.39 Å². The van der Waals surface area contributed by atoms with Crippen LogP contribution in [0.5, 0.6) is 11.8 Å². The number of methoxy groups -OCH3 is 1. The second-order valence-electron chi connectivity index (χ2n) is 9.84. The van der Waals surface area contributed by atoms with Crippen molar-refractivity contribution in [3.63, 3.8) is 0 Å². The van der Waals surface area contributed by atoms with Gasteiger partial charge in [0.1, 0.15) is 18.2 Å². The average Bonchev–Trinajstić information content (AvgIpc) is 3.40. The van der Waals surface area contributed by atoms with Crippen molar-refractivity contribution in [2.24, 2.45) is 10.8 Å².